The highest BCUT2D eigenvalue weighted by Crippen LogP contribution is 2.22. The number of benzene rings is 1. The van der Waals surface area contributed by atoms with Crippen LogP contribution in [0.3, 0.4) is 0 Å². The lowest BCUT2D eigenvalue weighted by Crippen LogP contribution is -2.46. The third-order valence-corrected chi connectivity index (χ3v) is 3.35. The number of rotatable bonds is 3. The van der Waals surface area contributed by atoms with Crippen LogP contribution in [0.4, 0.5) is 4.39 Å². The van der Waals surface area contributed by atoms with Gasteiger partial charge in [0.05, 0.1) is 12.6 Å². The average molecular weight is 275 g/mol. The highest BCUT2D eigenvalue weighted by Gasteiger charge is 2.21. The van der Waals surface area contributed by atoms with Gasteiger partial charge in [0.2, 0.25) is 0 Å². The van der Waals surface area contributed by atoms with E-state index in [4.69, 9.17) is 0 Å². The molecule has 0 spiro atoms. The molecule has 1 heterocycles. The fourth-order valence-corrected chi connectivity index (χ4v) is 2.24. The summed E-state index contributed by atoms with van der Waals surface area (Å²) < 4.78 is 13.5. The minimum atomic E-state index is -0.198. The largest absolute Gasteiger partial charge is 0.394 e. The van der Waals surface area contributed by atoms with Crippen LogP contribution in [0.1, 0.15) is 17.2 Å². The number of halogens is 2. The zero-order chi connectivity index (χ0) is 12.3. The lowest BCUT2D eigenvalue weighted by atomic mass is 10.0. The summed E-state index contributed by atoms with van der Waals surface area (Å²) in [4.78, 5) is 2.20. The highest BCUT2D eigenvalue weighted by molar-refractivity contribution is 5.85. The standard InChI is InChI=1S/C13H19FN2O.ClH/c1-10-2-3-11(8-12(10)14)13(9-17)16-6-4-15-5-7-16;/h2-3,8,13,15,17H,4-7,9H2,1H3;1H/t13-;/m1./s1. The first kappa shape index (κ1) is 15.4. The van der Waals surface area contributed by atoms with Gasteiger partial charge in [0.25, 0.3) is 0 Å². The molecule has 0 bridgehead atoms. The first-order valence-corrected chi connectivity index (χ1v) is 6.04. The van der Waals surface area contributed by atoms with Gasteiger partial charge >= 0.3 is 0 Å². The molecule has 1 aliphatic rings. The molecular formula is C13H20ClFN2O. The molecule has 1 aromatic carbocycles. The molecule has 1 aromatic rings. The molecule has 1 atom stereocenters. The predicted octanol–water partition coefficient (Wildman–Crippen LogP) is 1.49. The van der Waals surface area contributed by atoms with Crippen molar-refractivity contribution in [2.75, 3.05) is 32.8 Å². The Morgan fingerprint density at radius 1 is 1.39 bits per heavy atom. The summed E-state index contributed by atoms with van der Waals surface area (Å²) in [5.74, 6) is -0.198. The zero-order valence-electron chi connectivity index (χ0n) is 10.5. The van der Waals surface area contributed by atoms with Crippen LogP contribution in [0.15, 0.2) is 18.2 Å². The molecule has 1 fully saturated rings. The van der Waals surface area contributed by atoms with Crippen molar-refractivity contribution in [3.8, 4) is 0 Å². The minimum absolute atomic E-state index is 0. The van der Waals surface area contributed by atoms with Gasteiger partial charge in [-0.3, -0.25) is 4.90 Å². The van der Waals surface area contributed by atoms with E-state index in [1.54, 1.807) is 13.0 Å². The Hall–Kier alpha value is -0.680. The Morgan fingerprint density at radius 2 is 2.06 bits per heavy atom. The number of nitrogens with zero attached hydrogens (tertiary/aromatic N) is 1. The van der Waals surface area contributed by atoms with Gasteiger partial charge in [-0.25, -0.2) is 4.39 Å². The molecule has 0 saturated carbocycles. The maximum atomic E-state index is 13.5. The van der Waals surface area contributed by atoms with Gasteiger partial charge in [-0.05, 0) is 24.1 Å². The number of aliphatic hydroxyl groups is 1. The average Bonchev–Trinajstić information content (AvgIpc) is 2.36. The van der Waals surface area contributed by atoms with E-state index in [9.17, 15) is 9.50 Å². The molecule has 0 radical (unpaired) electrons. The molecule has 102 valence electrons. The van der Waals surface area contributed by atoms with Crippen LogP contribution in [0.25, 0.3) is 0 Å². The van der Waals surface area contributed by atoms with Gasteiger partial charge in [-0.15, -0.1) is 12.4 Å². The van der Waals surface area contributed by atoms with E-state index in [-0.39, 0.29) is 30.9 Å². The Kier molecular flexibility index (Phi) is 6.02. The molecule has 5 heteroatoms. The first-order valence-electron chi connectivity index (χ1n) is 6.04. The van der Waals surface area contributed by atoms with Gasteiger partial charge in [0.15, 0.2) is 0 Å². The Morgan fingerprint density at radius 3 is 2.61 bits per heavy atom. The monoisotopic (exact) mass is 274 g/mol. The Labute approximate surface area is 113 Å². The summed E-state index contributed by atoms with van der Waals surface area (Å²) in [6, 6.07) is 5.13. The maximum absolute atomic E-state index is 13.5. The number of aliphatic hydroxyl groups excluding tert-OH is 1. The highest BCUT2D eigenvalue weighted by atomic mass is 35.5. The molecule has 0 amide bonds. The van der Waals surface area contributed by atoms with Gasteiger partial charge in [0.1, 0.15) is 5.82 Å². The van der Waals surface area contributed by atoms with Crippen LogP contribution in [0, 0.1) is 12.7 Å². The first-order chi connectivity index (χ1) is 8.22. The predicted molar refractivity (Wildman–Crippen MR) is 72.7 cm³/mol. The maximum Gasteiger partial charge on any atom is 0.126 e. The fourth-order valence-electron chi connectivity index (χ4n) is 2.24. The van der Waals surface area contributed by atoms with Crippen molar-refractivity contribution in [3.63, 3.8) is 0 Å². The normalized spacial score (nSPS) is 18.2. The summed E-state index contributed by atoms with van der Waals surface area (Å²) >= 11 is 0. The zero-order valence-corrected chi connectivity index (χ0v) is 11.3. The summed E-state index contributed by atoms with van der Waals surface area (Å²) in [6.45, 7) is 5.40. The van der Waals surface area contributed by atoms with Crippen molar-refractivity contribution in [2.24, 2.45) is 0 Å². The molecule has 3 nitrogen and oxygen atoms in total. The molecule has 18 heavy (non-hydrogen) atoms. The second-order valence-corrected chi connectivity index (χ2v) is 4.49. The number of nitrogens with one attached hydrogen (secondary N) is 1. The lowest BCUT2D eigenvalue weighted by molar-refractivity contribution is 0.110. The van der Waals surface area contributed by atoms with E-state index >= 15 is 0 Å². The molecule has 1 aliphatic heterocycles. The SMILES string of the molecule is Cc1ccc([C@@H](CO)N2CCNCC2)cc1F.Cl. The minimum Gasteiger partial charge on any atom is -0.394 e. The van der Waals surface area contributed by atoms with Crippen molar-refractivity contribution >= 4 is 12.4 Å². The van der Waals surface area contributed by atoms with Crippen molar-refractivity contribution in [1.29, 1.82) is 0 Å². The van der Waals surface area contributed by atoms with Gasteiger partial charge < -0.3 is 10.4 Å². The third-order valence-electron chi connectivity index (χ3n) is 3.35. The number of aryl methyl sites for hydroxylation is 1. The number of hydrogen-bond donors (Lipinski definition) is 2. The Balaban J connectivity index is 0.00000162. The lowest BCUT2D eigenvalue weighted by Gasteiger charge is -2.34. The number of piperazine rings is 1. The third kappa shape index (κ3) is 3.42. The molecule has 2 N–H and O–H groups in total. The van der Waals surface area contributed by atoms with Crippen molar-refractivity contribution in [2.45, 2.75) is 13.0 Å². The molecule has 0 aromatic heterocycles. The van der Waals surface area contributed by atoms with Crippen LogP contribution in [-0.4, -0.2) is 42.8 Å². The van der Waals surface area contributed by atoms with E-state index < -0.39 is 0 Å². The van der Waals surface area contributed by atoms with E-state index in [2.05, 4.69) is 10.2 Å². The van der Waals surface area contributed by atoms with E-state index in [1.165, 1.54) is 6.07 Å². The van der Waals surface area contributed by atoms with Crippen LogP contribution < -0.4 is 5.32 Å². The quantitative estimate of drug-likeness (QED) is 0.877. The van der Waals surface area contributed by atoms with Gasteiger partial charge in [0, 0.05) is 26.2 Å². The Bertz CT molecular complexity index is 383. The molecule has 2 rings (SSSR count). The fraction of sp³-hybridized carbons (Fsp3) is 0.538. The van der Waals surface area contributed by atoms with E-state index in [1.807, 2.05) is 6.07 Å². The second-order valence-electron chi connectivity index (χ2n) is 4.49. The van der Waals surface area contributed by atoms with Crippen molar-refractivity contribution < 1.29 is 9.50 Å². The summed E-state index contributed by atoms with van der Waals surface area (Å²) in [5.41, 5.74) is 1.50. The topological polar surface area (TPSA) is 35.5 Å². The smallest absolute Gasteiger partial charge is 0.126 e. The van der Waals surface area contributed by atoms with Crippen LogP contribution >= 0.6 is 12.4 Å². The van der Waals surface area contributed by atoms with Crippen LogP contribution in [0.2, 0.25) is 0 Å². The number of hydrogen-bond acceptors (Lipinski definition) is 3. The second kappa shape index (κ2) is 7.04. The van der Waals surface area contributed by atoms with Gasteiger partial charge in [-0.2, -0.15) is 0 Å². The van der Waals surface area contributed by atoms with Gasteiger partial charge in [-0.1, -0.05) is 12.1 Å². The molecular weight excluding hydrogens is 255 g/mol. The van der Waals surface area contributed by atoms with Crippen molar-refractivity contribution in [3.05, 3.63) is 35.1 Å². The molecule has 1 saturated heterocycles. The molecule has 0 unspecified atom stereocenters. The van der Waals surface area contributed by atoms with E-state index in [0.29, 0.717) is 5.56 Å². The van der Waals surface area contributed by atoms with Crippen LogP contribution in [0.5, 0.6) is 0 Å². The summed E-state index contributed by atoms with van der Waals surface area (Å²) in [7, 11) is 0. The summed E-state index contributed by atoms with van der Waals surface area (Å²) in [5, 5.41) is 12.8. The summed E-state index contributed by atoms with van der Waals surface area (Å²) in [6.07, 6.45) is 0. The van der Waals surface area contributed by atoms with Crippen molar-refractivity contribution in [1.82, 2.24) is 10.2 Å². The molecule has 0 aliphatic carbocycles. The van der Waals surface area contributed by atoms with Crippen LogP contribution in [-0.2, 0) is 0 Å². The van der Waals surface area contributed by atoms with E-state index in [0.717, 1.165) is 31.7 Å².